The van der Waals surface area contributed by atoms with E-state index in [4.69, 9.17) is 9.26 Å². The molecule has 1 amide bonds. The SMILES string of the molecule is COCC[n+]1cc(/N=C(\[O-])CSC2=N/C(=C/c3ccccc3F)C(=O)N2c2ccccc2)on1. The van der Waals surface area contributed by atoms with Crippen LogP contribution in [0.3, 0.4) is 0 Å². The van der Waals surface area contributed by atoms with Gasteiger partial charge in [0.2, 0.25) is 11.8 Å². The second-order valence-corrected chi connectivity index (χ2v) is 7.95. The van der Waals surface area contributed by atoms with Crippen molar-refractivity contribution in [3.63, 3.8) is 0 Å². The van der Waals surface area contributed by atoms with E-state index in [1.807, 2.05) is 6.07 Å². The minimum atomic E-state index is -0.491. The van der Waals surface area contributed by atoms with E-state index < -0.39 is 17.6 Å². The molecule has 2 aromatic carbocycles. The molecule has 0 unspecified atom stereocenters. The van der Waals surface area contributed by atoms with E-state index in [9.17, 15) is 14.3 Å². The fourth-order valence-electron chi connectivity index (χ4n) is 3.03. The zero-order valence-electron chi connectivity index (χ0n) is 18.1. The van der Waals surface area contributed by atoms with Gasteiger partial charge in [0.25, 0.3) is 12.1 Å². The normalized spacial score (nSPS) is 15.3. The lowest BCUT2D eigenvalue weighted by Crippen LogP contribution is -2.36. The van der Waals surface area contributed by atoms with Crippen LogP contribution in [0.5, 0.6) is 0 Å². The topological polar surface area (TPSA) is 107 Å². The molecule has 34 heavy (non-hydrogen) atoms. The first-order chi connectivity index (χ1) is 16.5. The summed E-state index contributed by atoms with van der Waals surface area (Å²) in [5.41, 5.74) is 0.886. The zero-order valence-corrected chi connectivity index (χ0v) is 18.9. The van der Waals surface area contributed by atoms with Crippen molar-refractivity contribution in [2.45, 2.75) is 6.54 Å². The molecule has 0 radical (unpaired) electrons. The highest BCUT2D eigenvalue weighted by atomic mass is 32.2. The van der Waals surface area contributed by atoms with Crippen LogP contribution in [0.25, 0.3) is 6.08 Å². The summed E-state index contributed by atoms with van der Waals surface area (Å²) in [6.45, 7) is 0.896. The van der Waals surface area contributed by atoms with E-state index in [1.165, 1.54) is 27.9 Å². The Morgan fingerprint density at radius 1 is 1.26 bits per heavy atom. The number of thioether (sulfide) groups is 1. The number of ether oxygens (including phenoxy) is 1. The van der Waals surface area contributed by atoms with Gasteiger partial charge >= 0.3 is 5.88 Å². The van der Waals surface area contributed by atoms with Gasteiger partial charge in [-0.25, -0.2) is 14.4 Å². The standard InChI is InChI=1S/C23H20FN5O4S/c1-32-12-11-28-14-21(33-27-28)26-20(30)15-34-23-25-19(13-16-7-5-6-10-18(16)24)22(31)29(23)17-8-3-2-4-9-17/h2-10,13-14H,11-12,15H2,1H3/b19-13+. The molecular weight excluding hydrogens is 461 g/mol. The summed E-state index contributed by atoms with van der Waals surface area (Å²) in [6, 6.07) is 15.0. The Labute approximate surface area is 198 Å². The quantitative estimate of drug-likeness (QED) is 0.212. The highest BCUT2D eigenvalue weighted by molar-refractivity contribution is 8.14. The zero-order chi connectivity index (χ0) is 23.9. The van der Waals surface area contributed by atoms with Gasteiger partial charge < -0.3 is 9.84 Å². The van der Waals surface area contributed by atoms with E-state index in [-0.39, 0.29) is 28.1 Å². The van der Waals surface area contributed by atoms with Crippen molar-refractivity contribution < 1.29 is 28.2 Å². The fourth-order valence-corrected chi connectivity index (χ4v) is 3.82. The number of halogens is 1. The summed E-state index contributed by atoms with van der Waals surface area (Å²) in [4.78, 5) is 22.8. The second kappa shape index (κ2) is 10.9. The number of hydrogen-bond donors (Lipinski definition) is 0. The molecule has 174 valence electrons. The van der Waals surface area contributed by atoms with Gasteiger partial charge in [-0.3, -0.25) is 14.2 Å². The lowest BCUT2D eigenvalue weighted by molar-refractivity contribution is -0.763. The summed E-state index contributed by atoms with van der Waals surface area (Å²) in [7, 11) is 1.57. The molecule has 0 bridgehead atoms. The van der Waals surface area contributed by atoms with Crippen molar-refractivity contribution in [3.05, 3.63) is 77.9 Å². The van der Waals surface area contributed by atoms with Crippen LogP contribution in [0, 0.1) is 5.82 Å². The third-order valence-corrected chi connectivity index (χ3v) is 5.55. The van der Waals surface area contributed by atoms with Crippen LogP contribution in [0.4, 0.5) is 16.0 Å². The summed E-state index contributed by atoms with van der Waals surface area (Å²) >= 11 is 1.05. The smallest absolute Gasteiger partial charge is 0.320 e. The van der Waals surface area contributed by atoms with Gasteiger partial charge in [0, 0.05) is 18.4 Å². The number of benzene rings is 2. The molecular formula is C23H20FN5O4S. The van der Waals surface area contributed by atoms with Crippen molar-refractivity contribution in [1.82, 2.24) is 5.27 Å². The van der Waals surface area contributed by atoms with Crippen molar-refractivity contribution in [2.24, 2.45) is 9.98 Å². The van der Waals surface area contributed by atoms with Crippen molar-refractivity contribution in [3.8, 4) is 0 Å². The Bertz CT molecular complexity index is 1260. The van der Waals surface area contributed by atoms with Crippen LogP contribution in [0.15, 0.2) is 81.0 Å². The highest BCUT2D eigenvalue weighted by Gasteiger charge is 2.32. The Balaban J connectivity index is 1.55. The lowest BCUT2D eigenvalue weighted by atomic mass is 10.1. The highest BCUT2D eigenvalue weighted by Crippen LogP contribution is 2.29. The lowest BCUT2D eigenvalue weighted by Gasteiger charge is -2.18. The molecule has 2 heterocycles. The largest absolute Gasteiger partial charge is 0.861 e. The van der Waals surface area contributed by atoms with E-state index in [2.05, 4.69) is 15.3 Å². The number of rotatable bonds is 8. The van der Waals surface area contributed by atoms with Gasteiger partial charge in [0.15, 0.2) is 5.17 Å². The number of para-hydroxylation sites is 1. The predicted octanol–water partition coefficient (Wildman–Crippen LogP) is 2.32. The molecule has 1 aromatic heterocycles. The Hall–Kier alpha value is -3.83. The van der Waals surface area contributed by atoms with E-state index in [0.29, 0.717) is 18.8 Å². The molecule has 0 aliphatic carbocycles. The summed E-state index contributed by atoms with van der Waals surface area (Å²) < 4.78 is 25.6. The molecule has 1 aliphatic rings. The van der Waals surface area contributed by atoms with Gasteiger partial charge in [-0.1, -0.05) is 48.2 Å². The molecule has 4 rings (SSSR count). The molecule has 3 aromatic rings. The first-order valence-electron chi connectivity index (χ1n) is 10.2. The van der Waals surface area contributed by atoms with E-state index >= 15 is 0 Å². The van der Waals surface area contributed by atoms with Gasteiger partial charge in [-0.2, -0.15) is 0 Å². The number of aliphatic imine (C=N–C) groups is 2. The minimum Gasteiger partial charge on any atom is -0.861 e. The Morgan fingerprint density at radius 3 is 2.79 bits per heavy atom. The van der Waals surface area contributed by atoms with Gasteiger partial charge in [-0.15, -0.1) is 0 Å². The van der Waals surface area contributed by atoms with Crippen molar-refractivity contribution in [2.75, 3.05) is 24.4 Å². The third-order valence-electron chi connectivity index (χ3n) is 4.62. The van der Waals surface area contributed by atoms with Gasteiger partial charge in [0.05, 0.1) is 5.69 Å². The number of anilines is 1. The second-order valence-electron chi connectivity index (χ2n) is 7.01. The molecule has 0 saturated heterocycles. The van der Waals surface area contributed by atoms with Crippen LogP contribution in [0.1, 0.15) is 5.56 Å². The van der Waals surface area contributed by atoms with Crippen LogP contribution in [-0.2, 0) is 16.1 Å². The van der Waals surface area contributed by atoms with Crippen LogP contribution in [0.2, 0.25) is 0 Å². The molecule has 0 saturated carbocycles. The Kier molecular flexibility index (Phi) is 7.45. The van der Waals surface area contributed by atoms with Gasteiger partial charge in [-0.05, 0) is 34.9 Å². The third kappa shape index (κ3) is 5.56. The number of hydrogen-bond acceptors (Lipinski definition) is 8. The summed E-state index contributed by atoms with van der Waals surface area (Å²) in [5.74, 6) is -1.41. The van der Waals surface area contributed by atoms with Crippen molar-refractivity contribution >= 4 is 46.4 Å². The Morgan fingerprint density at radius 2 is 2.03 bits per heavy atom. The number of nitrogens with zero attached hydrogens (tertiary/aromatic N) is 5. The van der Waals surface area contributed by atoms with Crippen LogP contribution < -0.4 is 14.7 Å². The predicted molar refractivity (Wildman–Crippen MR) is 124 cm³/mol. The molecule has 0 atom stereocenters. The molecule has 1 aliphatic heterocycles. The molecule has 0 N–H and O–H groups in total. The van der Waals surface area contributed by atoms with Crippen molar-refractivity contribution in [1.29, 1.82) is 0 Å². The summed E-state index contributed by atoms with van der Waals surface area (Å²) in [5, 5.41) is 16.4. The number of methoxy groups -OCH3 is 1. The first-order valence-corrected chi connectivity index (χ1v) is 11.2. The summed E-state index contributed by atoms with van der Waals surface area (Å²) in [6.07, 6.45) is 2.88. The maximum atomic E-state index is 14.1. The fraction of sp³-hybridized carbons (Fsp3) is 0.174. The van der Waals surface area contributed by atoms with E-state index in [0.717, 1.165) is 11.8 Å². The average molecular weight is 482 g/mol. The minimum absolute atomic E-state index is 0.0613. The number of carbonyl (C=O) groups is 1. The number of carbonyl (C=O) groups excluding carboxylic acids is 1. The van der Waals surface area contributed by atoms with Gasteiger partial charge in [0.1, 0.15) is 18.1 Å². The van der Waals surface area contributed by atoms with Crippen LogP contribution >= 0.6 is 11.8 Å². The van der Waals surface area contributed by atoms with E-state index in [1.54, 1.807) is 49.6 Å². The monoisotopic (exact) mass is 481 g/mol. The molecule has 11 heteroatoms. The maximum Gasteiger partial charge on any atom is 0.320 e. The number of aromatic nitrogens is 2. The first kappa shape index (κ1) is 23.3. The molecule has 9 nitrogen and oxygen atoms in total. The number of amidine groups is 1. The average Bonchev–Trinajstić information content (AvgIpc) is 3.42. The maximum absolute atomic E-state index is 14.1. The molecule has 0 spiro atoms. The number of amides is 1. The van der Waals surface area contributed by atoms with Crippen LogP contribution in [-0.4, -0.2) is 41.7 Å². The molecule has 0 fully saturated rings.